The molecule has 1 N–H and O–H groups in total. The van der Waals surface area contributed by atoms with Gasteiger partial charge in [0.2, 0.25) is 0 Å². The van der Waals surface area contributed by atoms with Gasteiger partial charge in [-0.2, -0.15) is 0 Å². The van der Waals surface area contributed by atoms with Crippen LogP contribution < -0.4 is 14.8 Å². The summed E-state index contributed by atoms with van der Waals surface area (Å²) in [4.78, 5) is 12.3. The van der Waals surface area contributed by atoms with E-state index in [1.54, 1.807) is 20.3 Å². The first kappa shape index (κ1) is 18.9. The van der Waals surface area contributed by atoms with Gasteiger partial charge < -0.3 is 19.5 Å². The third-order valence-electron chi connectivity index (χ3n) is 5.26. The fraction of sp³-hybridized carbons (Fsp3) is 0.208. The van der Waals surface area contributed by atoms with Crippen LogP contribution in [0.3, 0.4) is 0 Å². The van der Waals surface area contributed by atoms with Crippen LogP contribution in [0.15, 0.2) is 66.7 Å². The number of hydrogen-bond donors (Lipinski definition) is 1. The Balaban J connectivity index is 1.41. The molecule has 4 rings (SSSR count). The van der Waals surface area contributed by atoms with Crippen molar-refractivity contribution in [1.82, 2.24) is 5.32 Å². The highest BCUT2D eigenvalue weighted by Crippen LogP contribution is 2.44. The quantitative estimate of drug-likeness (QED) is 0.661. The normalized spacial score (nSPS) is 12.1. The van der Waals surface area contributed by atoms with E-state index in [4.69, 9.17) is 14.2 Å². The van der Waals surface area contributed by atoms with Crippen molar-refractivity contribution < 1.29 is 19.0 Å². The van der Waals surface area contributed by atoms with Crippen LogP contribution >= 0.6 is 0 Å². The minimum atomic E-state index is -0.454. The van der Waals surface area contributed by atoms with Gasteiger partial charge in [0.15, 0.2) is 0 Å². The molecule has 148 valence electrons. The molecule has 1 amide bonds. The lowest BCUT2D eigenvalue weighted by Gasteiger charge is -2.15. The lowest BCUT2D eigenvalue weighted by molar-refractivity contribution is 0.142. The predicted octanol–water partition coefficient (Wildman–Crippen LogP) is 4.74. The third kappa shape index (κ3) is 3.76. The highest BCUT2D eigenvalue weighted by Gasteiger charge is 2.28. The van der Waals surface area contributed by atoms with Gasteiger partial charge in [-0.1, -0.05) is 48.5 Å². The molecule has 1 aliphatic rings. The summed E-state index contributed by atoms with van der Waals surface area (Å²) in [6, 6.07) is 22.0. The van der Waals surface area contributed by atoms with Crippen molar-refractivity contribution >= 4 is 6.09 Å². The molecule has 3 aromatic carbocycles. The van der Waals surface area contributed by atoms with Crippen molar-refractivity contribution in [3.63, 3.8) is 0 Å². The lowest BCUT2D eigenvalue weighted by Crippen LogP contribution is -2.25. The van der Waals surface area contributed by atoms with Crippen LogP contribution in [0.5, 0.6) is 11.5 Å². The fourth-order valence-electron chi connectivity index (χ4n) is 3.81. The number of methoxy groups -OCH3 is 2. The molecule has 0 saturated carbocycles. The van der Waals surface area contributed by atoms with Gasteiger partial charge in [0.1, 0.15) is 18.1 Å². The van der Waals surface area contributed by atoms with Gasteiger partial charge in [-0.15, -0.1) is 0 Å². The molecular formula is C24H23NO4. The van der Waals surface area contributed by atoms with Crippen molar-refractivity contribution in [1.29, 1.82) is 0 Å². The van der Waals surface area contributed by atoms with E-state index >= 15 is 0 Å². The van der Waals surface area contributed by atoms with Crippen molar-refractivity contribution in [2.75, 3.05) is 20.8 Å². The van der Waals surface area contributed by atoms with E-state index in [2.05, 4.69) is 29.6 Å². The highest BCUT2D eigenvalue weighted by atomic mass is 16.5. The van der Waals surface area contributed by atoms with Gasteiger partial charge in [-0.05, 0) is 34.4 Å². The minimum absolute atomic E-state index is 0.0451. The second-order valence-corrected chi connectivity index (χ2v) is 6.86. The Hall–Kier alpha value is -3.47. The number of carbonyl (C=O) groups is 1. The number of amides is 1. The Morgan fingerprint density at radius 1 is 0.897 bits per heavy atom. The average Bonchev–Trinajstić information content (AvgIpc) is 3.10. The summed E-state index contributed by atoms with van der Waals surface area (Å²) in [6.07, 6.45) is -0.454. The first-order valence-corrected chi connectivity index (χ1v) is 9.51. The summed E-state index contributed by atoms with van der Waals surface area (Å²) in [5, 5.41) is 2.80. The zero-order chi connectivity index (χ0) is 20.2. The molecule has 5 heteroatoms. The van der Waals surface area contributed by atoms with Crippen LogP contribution in [-0.2, 0) is 11.3 Å². The van der Waals surface area contributed by atoms with Crippen molar-refractivity contribution in [2.45, 2.75) is 12.5 Å². The van der Waals surface area contributed by atoms with Gasteiger partial charge in [0, 0.05) is 24.1 Å². The number of nitrogens with one attached hydrogen (secondary N) is 1. The van der Waals surface area contributed by atoms with E-state index in [1.165, 1.54) is 22.3 Å². The van der Waals surface area contributed by atoms with Crippen molar-refractivity contribution in [3.8, 4) is 22.6 Å². The fourth-order valence-corrected chi connectivity index (χ4v) is 3.81. The Morgan fingerprint density at radius 2 is 1.55 bits per heavy atom. The number of alkyl carbamates (subject to hydrolysis) is 1. The van der Waals surface area contributed by atoms with Gasteiger partial charge in [-0.25, -0.2) is 4.79 Å². The second kappa shape index (κ2) is 8.27. The molecule has 3 aromatic rings. The SMILES string of the molecule is COc1ccc(CNC(=O)OCC2c3ccccc3-c3ccccc32)c(OC)c1. The number of hydrogen-bond acceptors (Lipinski definition) is 4. The average molecular weight is 389 g/mol. The van der Waals surface area contributed by atoms with E-state index in [9.17, 15) is 4.79 Å². The first-order valence-electron chi connectivity index (χ1n) is 9.51. The maximum Gasteiger partial charge on any atom is 0.407 e. The first-order chi connectivity index (χ1) is 14.2. The monoisotopic (exact) mass is 389 g/mol. The van der Waals surface area contributed by atoms with Gasteiger partial charge >= 0.3 is 6.09 Å². The van der Waals surface area contributed by atoms with E-state index in [0.717, 1.165) is 5.56 Å². The largest absolute Gasteiger partial charge is 0.497 e. The molecule has 0 unspecified atom stereocenters. The standard InChI is InChI=1S/C24H23NO4/c1-27-17-12-11-16(23(13-17)28-2)14-25-24(26)29-15-22-20-9-5-3-7-18(20)19-8-4-6-10-21(19)22/h3-13,22H,14-15H2,1-2H3,(H,25,26). The van der Waals surface area contributed by atoms with Gasteiger partial charge in [0.25, 0.3) is 0 Å². The van der Waals surface area contributed by atoms with E-state index in [-0.39, 0.29) is 5.92 Å². The van der Waals surface area contributed by atoms with E-state index in [0.29, 0.717) is 24.7 Å². The minimum Gasteiger partial charge on any atom is -0.497 e. The Morgan fingerprint density at radius 3 is 2.17 bits per heavy atom. The maximum absolute atomic E-state index is 12.3. The number of benzene rings is 3. The van der Waals surface area contributed by atoms with Crippen LogP contribution in [-0.4, -0.2) is 26.9 Å². The molecule has 0 saturated heterocycles. The molecule has 29 heavy (non-hydrogen) atoms. The Bertz CT molecular complexity index is 985. The maximum atomic E-state index is 12.3. The summed E-state index contributed by atoms with van der Waals surface area (Å²) in [5.41, 5.74) is 5.65. The number of carbonyl (C=O) groups excluding carboxylic acids is 1. The topological polar surface area (TPSA) is 56.8 Å². The highest BCUT2D eigenvalue weighted by molar-refractivity contribution is 5.79. The zero-order valence-corrected chi connectivity index (χ0v) is 16.5. The van der Waals surface area contributed by atoms with E-state index < -0.39 is 6.09 Å². The van der Waals surface area contributed by atoms with Crippen LogP contribution in [0, 0.1) is 0 Å². The number of rotatable bonds is 6. The molecule has 0 radical (unpaired) electrons. The zero-order valence-electron chi connectivity index (χ0n) is 16.5. The molecule has 0 aliphatic heterocycles. The molecule has 1 aliphatic carbocycles. The van der Waals surface area contributed by atoms with Crippen molar-refractivity contribution in [2.24, 2.45) is 0 Å². The summed E-state index contributed by atoms with van der Waals surface area (Å²) < 4.78 is 16.1. The van der Waals surface area contributed by atoms with E-state index in [1.807, 2.05) is 36.4 Å². The third-order valence-corrected chi connectivity index (χ3v) is 5.26. The molecule has 0 atom stereocenters. The van der Waals surface area contributed by atoms with Crippen LogP contribution in [0.25, 0.3) is 11.1 Å². The number of ether oxygens (including phenoxy) is 3. The molecular weight excluding hydrogens is 366 g/mol. The van der Waals surface area contributed by atoms with Gasteiger partial charge in [-0.3, -0.25) is 0 Å². The molecule has 0 heterocycles. The van der Waals surface area contributed by atoms with Gasteiger partial charge in [0.05, 0.1) is 14.2 Å². The second-order valence-electron chi connectivity index (χ2n) is 6.86. The summed E-state index contributed by atoms with van der Waals surface area (Å²) >= 11 is 0. The lowest BCUT2D eigenvalue weighted by atomic mass is 9.98. The van der Waals surface area contributed by atoms with Crippen LogP contribution in [0.1, 0.15) is 22.6 Å². The smallest absolute Gasteiger partial charge is 0.407 e. The number of fused-ring (bicyclic) bond motifs is 3. The van der Waals surface area contributed by atoms with Crippen LogP contribution in [0.4, 0.5) is 4.79 Å². The Labute approximate surface area is 170 Å². The molecule has 0 spiro atoms. The van der Waals surface area contributed by atoms with Crippen molar-refractivity contribution in [3.05, 3.63) is 83.4 Å². The van der Waals surface area contributed by atoms with Crippen LogP contribution in [0.2, 0.25) is 0 Å². The summed E-state index contributed by atoms with van der Waals surface area (Å²) in [5.74, 6) is 1.40. The Kier molecular flexibility index (Phi) is 5.38. The predicted molar refractivity (Wildman–Crippen MR) is 111 cm³/mol. The molecule has 0 aromatic heterocycles. The summed E-state index contributed by atoms with van der Waals surface area (Å²) in [6.45, 7) is 0.601. The molecule has 0 fully saturated rings. The molecule has 5 nitrogen and oxygen atoms in total. The summed E-state index contributed by atoms with van der Waals surface area (Å²) in [7, 11) is 3.19. The molecule has 0 bridgehead atoms.